The minimum absolute atomic E-state index is 0.0509. The Balaban J connectivity index is 0.000000269. The van der Waals surface area contributed by atoms with E-state index in [-0.39, 0.29) is 146 Å². The molecule has 28 nitrogen and oxygen atoms in total. The number of hydrogen-bond acceptors (Lipinski definition) is 26. The van der Waals surface area contributed by atoms with Crippen LogP contribution in [0.4, 0.5) is 0 Å². The number of ether oxygens (including phenoxy) is 12. The molecule has 2 aromatic heterocycles. The minimum Gasteiger partial charge on any atom is -0.504 e. The lowest BCUT2D eigenvalue weighted by atomic mass is 9.97. The third kappa shape index (κ3) is 23.5. The van der Waals surface area contributed by atoms with Gasteiger partial charge in [-0.15, -0.1) is 0 Å². The highest BCUT2D eigenvalue weighted by atomic mass is 16.7. The average molecular weight is 1690 g/mol. The quantitative estimate of drug-likeness (QED) is 0.0157. The van der Waals surface area contributed by atoms with Crippen LogP contribution in [0.25, 0.3) is 44.6 Å². The number of carbonyl (C=O) groups excluding carboxylic acids is 4. The van der Waals surface area contributed by atoms with Crippen LogP contribution in [0.5, 0.6) is 34.5 Å². The van der Waals surface area contributed by atoms with Gasteiger partial charge in [0.05, 0.1) is 30.6 Å². The lowest BCUT2D eigenvalue weighted by Crippen LogP contribution is -2.63. The van der Waals surface area contributed by atoms with Crippen molar-refractivity contribution in [1.82, 2.24) is 0 Å². The lowest BCUT2D eigenvalue weighted by molar-refractivity contribution is -0.302. The molecule has 12 aromatic rings. The molecule has 6 N–H and O–H groups in total. The van der Waals surface area contributed by atoms with Crippen LogP contribution in [0.15, 0.2) is 285 Å². The van der Waals surface area contributed by atoms with Gasteiger partial charge in [0.1, 0.15) is 67.6 Å². The molecule has 640 valence electrons. The Bertz CT molecular complexity index is 5720. The predicted molar refractivity (Wildman–Crippen MR) is 446 cm³/mol. The number of unbranched alkanes of at least 4 members (excludes halogenated alkanes) is 2. The second kappa shape index (κ2) is 43.2. The molecular formula is C96H88O28. The van der Waals surface area contributed by atoms with Crippen LogP contribution in [-0.4, -0.2) is 128 Å². The maximum absolute atomic E-state index is 14.8. The van der Waals surface area contributed by atoms with Crippen LogP contribution in [0, 0.1) is 0 Å². The molecule has 4 heterocycles. The van der Waals surface area contributed by atoms with E-state index >= 15 is 0 Å². The molecule has 2 aliphatic heterocycles. The maximum Gasteiger partial charge on any atom is 0.338 e. The number of aliphatic hydroxyl groups is 3. The zero-order valence-electron chi connectivity index (χ0n) is 66.7. The van der Waals surface area contributed by atoms with E-state index in [4.69, 9.17) is 70.8 Å². The largest absolute Gasteiger partial charge is 0.504 e. The van der Waals surface area contributed by atoms with Gasteiger partial charge in [-0.25, -0.2) is 9.59 Å². The second-order valence-electron chi connectivity index (χ2n) is 29.0. The van der Waals surface area contributed by atoms with Crippen molar-refractivity contribution in [2.24, 2.45) is 0 Å². The fourth-order valence-corrected chi connectivity index (χ4v) is 13.5. The normalized spacial score (nSPS) is 18.5. The molecule has 0 aliphatic carbocycles. The Hall–Kier alpha value is -13.7. The number of esters is 4. The maximum atomic E-state index is 14.8. The van der Waals surface area contributed by atoms with Crippen molar-refractivity contribution >= 4 is 57.8 Å². The first-order chi connectivity index (χ1) is 60.3. The van der Waals surface area contributed by atoms with Gasteiger partial charge in [0.25, 0.3) is 0 Å². The van der Waals surface area contributed by atoms with Crippen molar-refractivity contribution < 1.29 is 125 Å². The summed E-state index contributed by atoms with van der Waals surface area (Å²) in [4.78, 5) is 104. The number of hydrogen-bond donors (Lipinski definition) is 6. The summed E-state index contributed by atoms with van der Waals surface area (Å²) in [7, 11) is 0. The van der Waals surface area contributed by atoms with Crippen LogP contribution in [0.2, 0.25) is 0 Å². The summed E-state index contributed by atoms with van der Waals surface area (Å²) in [6, 6.07) is 78.2. The molecule has 2 saturated heterocycles. The molecule has 10 unspecified atom stereocenters. The standard InChI is InChI=1S/C69H62O14.C27H26O14/c70-59(75-43-49-25-9-2-10-26-49)37-21-22-38-60(71)82-63-61(72)55-35-19-20-36-56(55)80-62(63)54-39-40-57(74-42-48-23-7-1-8-24-48)58(41-54)81-69-67(78-46-52-31-15-5-16-32-52)65(77-45-51-29-13-4-14-30-51)64(76-44-50-27-11-3-12-28-50)66(83-69)68(73)79-47-53-33-17-6-18-34-53;28-14-10-9-12(11-16(14)39-27-22(35)20(33)21(34)25(41-27)26(36)37)23-24(40-18(31)8-4-3-7-17(29)30)19(32)13-5-1-2-6-15(13)38-23/h1-20,23-36,39-41,64-67,69H,21-22,37-38,42-47H2;1-2,5-6,9-11,20-22,25,27-28,33-35H,3-4,7-8H2,(H,29,30)(H,36,37). The van der Waals surface area contributed by atoms with Crippen LogP contribution < -0.4 is 34.5 Å². The van der Waals surface area contributed by atoms with Gasteiger partial charge in [-0.1, -0.05) is 206 Å². The Morgan fingerprint density at radius 3 is 1.23 bits per heavy atom. The topological polar surface area (TPSA) is 395 Å². The molecule has 2 fully saturated rings. The number of carboxylic acids is 2. The van der Waals surface area contributed by atoms with Crippen LogP contribution in [-0.2, 0) is 102 Å². The fraction of sp³-hybridized carbons (Fsp3) is 0.250. The number of aromatic hydroxyl groups is 1. The van der Waals surface area contributed by atoms with Gasteiger partial charge in [-0.05, 0) is 120 Å². The summed E-state index contributed by atoms with van der Waals surface area (Å²) in [5.41, 5.74) is 4.39. The number of rotatable bonds is 36. The zero-order chi connectivity index (χ0) is 86.9. The molecule has 0 radical (unpaired) electrons. The Morgan fingerprint density at radius 1 is 0.355 bits per heavy atom. The van der Waals surface area contributed by atoms with Gasteiger partial charge in [0.2, 0.25) is 34.9 Å². The van der Waals surface area contributed by atoms with Crippen molar-refractivity contribution in [3.63, 3.8) is 0 Å². The molecule has 10 atom stereocenters. The third-order valence-electron chi connectivity index (χ3n) is 20.0. The smallest absolute Gasteiger partial charge is 0.338 e. The summed E-state index contributed by atoms with van der Waals surface area (Å²) in [6.45, 7) is 0.428. The monoisotopic (exact) mass is 1690 g/mol. The van der Waals surface area contributed by atoms with Crippen molar-refractivity contribution in [3.05, 3.63) is 321 Å². The summed E-state index contributed by atoms with van der Waals surface area (Å²) < 4.78 is 86.8. The number of benzene rings is 10. The van der Waals surface area contributed by atoms with Gasteiger partial charge in [0.15, 0.2) is 46.7 Å². The fourth-order valence-electron chi connectivity index (χ4n) is 13.5. The molecule has 10 aromatic carbocycles. The second-order valence-corrected chi connectivity index (χ2v) is 29.0. The molecule has 0 amide bonds. The Morgan fingerprint density at radius 2 is 0.750 bits per heavy atom. The lowest BCUT2D eigenvalue weighted by Gasteiger charge is -2.45. The number of fused-ring (bicyclic) bond motifs is 2. The minimum atomic E-state index is -1.96. The first-order valence-corrected chi connectivity index (χ1v) is 40.0. The van der Waals surface area contributed by atoms with Crippen molar-refractivity contribution in [3.8, 4) is 57.1 Å². The van der Waals surface area contributed by atoms with Gasteiger partial charge in [0, 0.05) is 36.8 Å². The average Bonchev–Trinajstić information content (AvgIpc) is 0.772. The van der Waals surface area contributed by atoms with E-state index in [1.54, 1.807) is 54.6 Å². The van der Waals surface area contributed by atoms with Crippen molar-refractivity contribution in [1.29, 1.82) is 0 Å². The third-order valence-corrected chi connectivity index (χ3v) is 20.0. The summed E-state index contributed by atoms with van der Waals surface area (Å²) in [6.07, 6.45) is -15.2. The van der Waals surface area contributed by atoms with Gasteiger partial charge in [-0.3, -0.25) is 28.8 Å². The Kier molecular flexibility index (Phi) is 30.7. The van der Waals surface area contributed by atoms with E-state index in [1.165, 1.54) is 18.2 Å². The van der Waals surface area contributed by atoms with E-state index < -0.39 is 125 Å². The first-order valence-electron chi connectivity index (χ1n) is 40.0. The van der Waals surface area contributed by atoms with Crippen molar-refractivity contribution in [2.75, 3.05) is 0 Å². The number of phenols is 1. The number of carboxylic acid groups (broad SMARTS) is 2. The molecule has 0 bridgehead atoms. The van der Waals surface area contributed by atoms with E-state index in [1.807, 2.05) is 182 Å². The number of phenolic OH excluding ortho intramolecular Hbond substituents is 1. The zero-order valence-corrected chi connectivity index (χ0v) is 66.7. The molecule has 14 rings (SSSR count). The number of aliphatic hydroxyl groups excluding tert-OH is 3. The SMILES string of the molecule is O=C(CCCCC(=O)Oc1c(-c2ccc(OCc3ccccc3)c(OC3OC(C(=O)OCc4ccccc4)C(OCc4ccccc4)C(OCc4ccccc4)C3OCc3ccccc3)c2)oc2ccccc2c1=O)OCc1ccccc1.O=C(O)CCCCC(=O)Oc1c(-c2ccc(O)c(OC3OC(C(=O)O)C(O)C(O)C3O)c2)oc2ccccc2c1=O. The highest BCUT2D eigenvalue weighted by molar-refractivity contribution is 5.87. The van der Waals surface area contributed by atoms with E-state index in [2.05, 4.69) is 0 Å². The van der Waals surface area contributed by atoms with Gasteiger partial charge in [-0.2, -0.15) is 0 Å². The van der Waals surface area contributed by atoms with Gasteiger partial charge >= 0.3 is 35.8 Å². The van der Waals surface area contributed by atoms with E-state index in [0.717, 1.165) is 45.5 Å². The number of para-hydroxylation sites is 2. The summed E-state index contributed by atoms with van der Waals surface area (Å²) >= 11 is 0. The highest BCUT2D eigenvalue weighted by Gasteiger charge is 2.54. The van der Waals surface area contributed by atoms with E-state index in [9.17, 15) is 63.9 Å². The summed E-state index contributed by atoms with van der Waals surface area (Å²) in [5, 5.41) is 58.9. The molecule has 0 saturated carbocycles. The van der Waals surface area contributed by atoms with Crippen LogP contribution in [0.3, 0.4) is 0 Å². The molecule has 124 heavy (non-hydrogen) atoms. The van der Waals surface area contributed by atoms with Crippen molar-refractivity contribution in [2.45, 2.75) is 152 Å². The molecular weight excluding hydrogens is 1600 g/mol. The molecule has 28 heteroatoms. The highest BCUT2D eigenvalue weighted by Crippen LogP contribution is 2.43. The molecule has 2 aliphatic rings. The van der Waals surface area contributed by atoms with Crippen LogP contribution in [0.1, 0.15) is 84.7 Å². The van der Waals surface area contributed by atoms with E-state index in [0.29, 0.717) is 6.42 Å². The number of aliphatic carboxylic acids is 2. The van der Waals surface area contributed by atoms with Crippen LogP contribution >= 0.6 is 0 Å². The summed E-state index contributed by atoms with van der Waals surface area (Å²) in [5.74, 6) is -7.08. The predicted octanol–water partition coefficient (Wildman–Crippen LogP) is 13.8. The first kappa shape index (κ1) is 88.1. The van der Waals surface area contributed by atoms with Gasteiger partial charge < -0.3 is 96.3 Å². The molecule has 0 spiro atoms. The number of carbonyl (C=O) groups is 6. The Labute approximate surface area is 709 Å².